The third-order valence-electron chi connectivity index (χ3n) is 4.98. The first-order valence-corrected chi connectivity index (χ1v) is 11.9. The minimum atomic E-state index is -1.66. The molecule has 0 saturated heterocycles. The Bertz CT molecular complexity index is 1390. The van der Waals surface area contributed by atoms with Crippen LogP contribution in [0.15, 0.2) is 71.1 Å². The van der Waals surface area contributed by atoms with Gasteiger partial charge in [0.2, 0.25) is 0 Å². The van der Waals surface area contributed by atoms with Gasteiger partial charge in [-0.2, -0.15) is 10.2 Å². The fourth-order valence-electron chi connectivity index (χ4n) is 3.19. The Morgan fingerprint density at radius 3 is 2.74 bits per heavy atom. The number of non-ortho nitro benzene ring substituents is 1. The molecule has 0 bridgehead atoms. The van der Waals surface area contributed by atoms with Gasteiger partial charge >= 0.3 is 0 Å². The molecule has 0 fully saturated rings. The number of thiol groups is 1. The molecule has 180 valence electrons. The summed E-state index contributed by atoms with van der Waals surface area (Å²) in [7, 11) is 2.27. The Labute approximate surface area is 203 Å². The molecule has 0 aliphatic heterocycles. The number of likely N-dealkylation sites (N-methyl/N-ethyl adjacent to an activating group) is 1. The maximum atomic E-state index is 12.3. The van der Waals surface area contributed by atoms with Crippen LogP contribution in [0.1, 0.15) is 5.56 Å². The SMILES string of the molecule is CN(C)CCN[SH+](=O)c1ccc(/C=N/Nc2ncnc3c2cnn3-c2cccc([N+](=O)[O-])c2)cc1. The van der Waals surface area contributed by atoms with Gasteiger partial charge < -0.3 is 4.90 Å². The van der Waals surface area contributed by atoms with Crippen LogP contribution in [0.5, 0.6) is 0 Å². The van der Waals surface area contributed by atoms with E-state index in [1.807, 2.05) is 31.1 Å². The van der Waals surface area contributed by atoms with E-state index in [1.54, 1.807) is 36.7 Å². The first kappa shape index (κ1) is 24.1. The fraction of sp³-hybridized carbons (Fsp3) is 0.182. The summed E-state index contributed by atoms with van der Waals surface area (Å²) in [6.07, 6.45) is 4.56. The van der Waals surface area contributed by atoms with Gasteiger partial charge in [-0.15, -0.1) is 4.72 Å². The number of nitro groups is 1. The number of nitrogens with zero attached hydrogens (tertiary/aromatic N) is 7. The molecule has 0 radical (unpaired) electrons. The molecule has 4 rings (SSSR count). The van der Waals surface area contributed by atoms with Crippen molar-refractivity contribution in [1.29, 1.82) is 0 Å². The number of benzene rings is 2. The lowest BCUT2D eigenvalue weighted by molar-refractivity contribution is -0.384. The summed E-state index contributed by atoms with van der Waals surface area (Å²) >= 11 is 0. The highest BCUT2D eigenvalue weighted by Gasteiger charge is 2.14. The van der Waals surface area contributed by atoms with E-state index in [-0.39, 0.29) is 5.69 Å². The number of nitro benzene ring substituents is 1. The zero-order valence-electron chi connectivity index (χ0n) is 19.1. The first-order valence-electron chi connectivity index (χ1n) is 10.6. The van der Waals surface area contributed by atoms with Gasteiger partial charge in [-0.1, -0.05) is 10.3 Å². The first-order chi connectivity index (χ1) is 16.9. The lowest BCUT2D eigenvalue weighted by atomic mass is 10.2. The Hall–Kier alpha value is -4.07. The number of rotatable bonds is 10. The molecule has 4 aromatic rings. The molecule has 0 aliphatic rings. The Balaban J connectivity index is 1.45. The van der Waals surface area contributed by atoms with Crippen molar-refractivity contribution in [2.24, 2.45) is 5.10 Å². The van der Waals surface area contributed by atoms with E-state index in [0.29, 0.717) is 29.1 Å². The summed E-state index contributed by atoms with van der Waals surface area (Å²) in [5, 5.41) is 20.3. The molecular formula is C22H24N9O3S+. The number of aromatic nitrogens is 4. The minimum absolute atomic E-state index is 0.0388. The Kier molecular flexibility index (Phi) is 7.50. The van der Waals surface area contributed by atoms with Gasteiger partial charge in [0.05, 0.1) is 35.0 Å². The van der Waals surface area contributed by atoms with E-state index in [2.05, 4.69) is 30.3 Å². The summed E-state index contributed by atoms with van der Waals surface area (Å²) in [5.41, 5.74) is 4.66. The van der Waals surface area contributed by atoms with Crippen LogP contribution in [0, 0.1) is 10.1 Å². The molecule has 35 heavy (non-hydrogen) atoms. The van der Waals surface area contributed by atoms with Gasteiger partial charge in [0.15, 0.2) is 27.3 Å². The molecule has 2 aromatic carbocycles. The average molecular weight is 495 g/mol. The monoisotopic (exact) mass is 494 g/mol. The maximum Gasteiger partial charge on any atom is 0.271 e. The molecule has 2 heterocycles. The van der Waals surface area contributed by atoms with Crippen molar-refractivity contribution in [1.82, 2.24) is 29.4 Å². The zero-order chi connectivity index (χ0) is 24.8. The van der Waals surface area contributed by atoms with Crippen molar-refractivity contribution in [3.05, 3.63) is 76.7 Å². The molecule has 13 heteroatoms. The van der Waals surface area contributed by atoms with Gasteiger partial charge in [-0.25, -0.2) is 14.6 Å². The van der Waals surface area contributed by atoms with Crippen molar-refractivity contribution in [2.75, 3.05) is 32.6 Å². The van der Waals surface area contributed by atoms with Crippen molar-refractivity contribution in [2.45, 2.75) is 4.90 Å². The van der Waals surface area contributed by atoms with Crippen LogP contribution in [0.25, 0.3) is 16.7 Å². The van der Waals surface area contributed by atoms with E-state index in [4.69, 9.17) is 0 Å². The molecule has 0 saturated carbocycles. The highest BCUT2D eigenvalue weighted by molar-refractivity contribution is 7.83. The van der Waals surface area contributed by atoms with E-state index in [0.717, 1.165) is 17.0 Å². The highest BCUT2D eigenvalue weighted by atomic mass is 32.2. The lowest BCUT2D eigenvalue weighted by Crippen LogP contribution is -2.27. The van der Waals surface area contributed by atoms with E-state index < -0.39 is 15.9 Å². The molecule has 2 N–H and O–H groups in total. The van der Waals surface area contributed by atoms with E-state index in [9.17, 15) is 14.3 Å². The van der Waals surface area contributed by atoms with E-state index >= 15 is 0 Å². The average Bonchev–Trinajstić information content (AvgIpc) is 3.29. The van der Waals surface area contributed by atoms with Gasteiger partial charge in [0.25, 0.3) is 5.69 Å². The molecule has 0 spiro atoms. The van der Waals surface area contributed by atoms with Crippen LogP contribution in [0.2, 0.25) is 0 Å². The number of fused-ring (bicyclic) bond motifs is 1. The molecule has 12 nitrogen and oxygen atoms in total. The number of anilines is 1. The van der Waals surface area contributed by atoms with Crippen LogP contribution in [0.3, 0.4) is 0 Å². The summed E-state index contributed by atoms with van der Waals surface area (Å²) in [6.45, 7) is 1.44. The highest BCUT2D eigenvalue weighted by Crippen LogP contribution is 2.23. The topological polar surface area (TPSA) is 143 Å². The summed E-state index contributed by atoms with van der Waals surface area (Å²) < 4.78 is 16.9. The van der Waals surface area contributed by atoms with Crippen molar-refractivity contribution in [3.63, 3.8) is 0 Å². The standard InChI is InChI=1S/C22H23N9O3S/c1-29(2)11-10-27-35(34)19-8-6-16(7-9-19)13-25-28-21-20-14-26-30(22(20)24-15-23-21)17-4-3-5-18(12-17)31(32)33/h3-9,12-15H,10-11H2,1-2H3,(H,27,34)(H,23,24,28)/p+1/b25-13+. The zero-order valence-corrected chi connectivity index (χ0v) is 20.0. The van der Waals surface area contributed by atoms with Crippen molar-refractivity contribution in [3.8, 4) is 5.69 Å². The number of hydrogen-bond acceptors (Lipinski definition) is 9. The quantitative estimate of drug-likeness (QED) is 0.112. The predicted octanol–water partition coefficient (Wildman–Crippen LogP) is 2.29. The molecule has 0 aliphatic carbocycles. The maximum absolute atomic E-state index is 12.3. The normalized spacial score (nSPS) is 12.4. The molecule has 1 unspecified atom stereocenters. The summed E-state index contributed by atoms with van der Waals surface area (Å²) in [6, 6.07) is 13.4. The third kappa shape index (κ3) is 5.90. The fourth-order valence-corrected chi connectivity index (χ4v) is 4.10. The van der Waals surface area contributed by atoms with Gasteiger partial charge in [-0.05, 0) is 50.0 Å². The lowest BCUT2D eigenvalue weighted by Gasteiger charge is -2.07. The second kappa shape index (κ2) is 10.9. The molecular weight excluding hydrogens is 470 g/mol. The van der Waals surface area contributed by atoms with Gasteiger partial charge in [0, 0.05) is 18.7 Å². The third-order valence-corrected chi connectivity index (χ3v) is 6.26. The van der Waals surface area contributed by atoms with Crippen LogP contribution in [-0.2, 0) is 15.2 Å². The second-order valence-corrected chi connectivity index (χ2v) is 9.18. The second-order valence-electron chi connectivity index (χ2n) is 7.76. The van der Waals surface area contributed by atoms with Crippen molar-refractivity contribution >= 4 is 39.7 Å². The Morgan fingerprint density at radius 1 is 1.20 bits per heavy atom. The smallest absolute Gasteiger partial charge is 0.271 e. The molecule has 2 aromatic heterocycles. The van der Waals surface area contributed by atoms with Crippen LogP contribution in [0.4, 0.5) is 11.5 Å². The summed E-state index contributed by atoms with van der Waals surface area (Å²) in [5.74, 6) is 0.438. The molecule has 1 atom stereocenters. The largest absolute Gasteiger partial charge is 0.308 e. The van der Waals surface area contributed by atoms with Crippen LogP contribution >= 0.6 is 0 Å². The van der Waals surface area contributed by atoms with Crippen molar-refractivity contribution < 1.29 is 9.13 Å². The Morgan fingerprint density at radius 2 is 2.00 bits per heavy atom. The number of hydrazone groups is 1. The van der Waals surface area contributed by atoms with Crippen LogP contribution < -0.4 is 10.1 Å². The number of hydrogen-bond donors (Lipinski definition) is 2. The summed E-state index contributed by atoms with van der Waals surface area (Å²) in [4.78, 5) is 21.9. The number of nitrogens with one attached hydrogen (secondary N) is 2. The van der Waals surface area contributed by atoms with Crippen LogP contribution in [-0.4, -0.2) is 63.0 Å². The van der Waals surface area contributed by atoms with E-state index in [1.165, 1.54) is 23.1 Å². The minimum Gasteiger partial charge on any atom is -0.308 e. The predicted molar refractivity (Wildman–Crippen MR) is 135 cm³/mol. The van der Waals surface area contributed by atoms with Gasteiger partial charge in [-0.3, -0.25) is 15.5 Å². The van der Waals surface area contributed by atoms with Gasteiger partial charge in [0.1, 0.15) is 6.33 Å². The molecule has 0 amide bonds.